The van der Waals surface area contributed by atoms with Crippen LogP contribution in [-0.4, -0.2) is 33.8 Å². The Morgan fingerprint density at radius 3 is 2.07 bits per heavy atom. The van der Waals surface area contributed by atoms with Crippen LogP contribution in [0, 0.1) is 0 Å². The van der Waals surface area contributed by atoms with Gasteiger partial charge >= 0.3 is 6.18 Å². The van der Waals surface area contributed by atoms with E-state index in [9.17, 15) is 18.0 Å². The molecule has 0 aliphatic rings. The minimum atomic E-state index is -4.39. The van der Waals surface area contributed by atoms with Gasteiger partial charge in [-0.3, -0.25) is 4.79 Å². The van der Waals surface area contributed by atoms with E-state index in [-0.39, 0.29) is 5.91 Å². The molecule has 0 spiro atoms. The first-order chi connectivity index (χ1) is 13.8. The SMILES string of the molecule is COc1cc(OC)c(CCNC(=O)/C=C/c2ccc(C(F)(F)F)cc2)c(OC)c1. The van der Waals surface area contributed by atoms with Crippen molar-refractivity contribution in [3.63, 3.8) is 0 Å². The molecule has 0 aliphatic carbocycles. The largest absolute Gasteiger partial charge is 0.496 e. The summed E-state index contributed by atoms with van der Waals surface area (Å²) in [6.07, 6.45) is -1.21. The highest BCUT2D eigenvalue weighted by Gasteiger charge is 2.29. The van der Waals surface area contributed by atoms with Crippen LogP contribution in [0.25, 0.3) is 6.08 Å². The van der Waals surface area contributed by atoms with Gasteiger partial charge in [-0.1, -0.05) is 12.1 Å². The van der Waals surface area contributed by atoms with Crippen molar-refractivity contribution in [2.24, 2.45) is 0 Å². The van der Waals surface area contributed by atoms with E-state index >= 15 is 0 Å². The maximum absolute atomic E-state index is 12.6. The first kappa shape index (κ1) is 22.1. The number of methoxy groups -OCH3 is 3. The summed E-state index contributed by atoms with van der Waals surface area (Å²) in [7, 11) is 4.60. The Bertz CT molecular complexity index is 836. The van der Waals surface area contributed by atoms with E-state index in [2.05, 4.69) is 5.32 Å². The van der Waals surface area contributed by atoms with Crippen LogP contribution in [0.3, 0.4) is 0 Å². The van der Waals surface area contributed by atoms with E-state index in [1.807, 2.05) is 0 Å². The van der Waals surface area contributed by atoms with Crippen molar-refractivity contribution in [1.29, 1.82) is 0 Å². The molecule has 0 heterocycles. The van der Waals surface area contributed by atoms with E-state index in [0.717, 1.165) is 17.7 Å². The van der Waals surface area contributed by atoms with Crippen LogP contribution in [0.4, 0.5) is 13.2 Å². The van der Waals surface area contributed by atoms with Gasteiger partial charge in [-0.05, 0) is 30.2 Å². The predicted octanol–water partition coefficient (Wildman–Crippen LogP) is 4.10. The van der Waals surface area contributed by atoms with Crippen molar-refractivity contribution in [2.75, 3.05) is 27.9 Å². The van der Waals surface area contributed by atoms with Gasteiger partial charge < -0.3 is 19.5 Å². The standard InChI is InChI=1S/C21H22F3NO4/c1-27-16-12-18(28-2)17(19(13-16)29-3)10-11-25-20(26)9-6-14-4-7-15(8-5-14)21(22,23)24/h4-9,12-13H,10-11H2,1-3H3,(H,25,26)/b9-6+. The van der Waals surface area contributed by atoms with Gasteiger partial charge in [-0.15, -0.1) is 0 Å². The number of hydrogen-bond acceptors (Lipinski definition) is 4. The van der Waals surface area contributed by atoms with Gasteiger partial charge in [-0.25, -0.2) is 0 Å². The summed E-state index contributed by atoms with van der Waals surface area (Å²) >= 11 is 0. The molecule has 0 aliphatic heterocycles. The Balaban J connectivity index is 1.95. The molecule has 156 valence electrons. The van der Waals surface area contributed by atoms with Crippen LogP contribution < -0.4 is 19.5 Å². The lowest BCUT2D eigenvalue weighted by Gasteiger charge is -2.15. The van der Waals surface area contributed by atoms with Crippen LogP contribution in [-0.2, 0) is 17.4 Å². The zero-order valence-corrected chi connectivity index (χ0v) is 16.3. The van der Waals surface area contributed by atoms with Crippen LogP contribution in [0.5, 0.6) is 17.2 Å². The average molecular weight is 409 g/mol. The van der Waals surface area contributed by atoms with Gasteiger partial charge in [-0.2, -0.15) is 13.2 Å². The van der Waals surface area contributed by atoms with Gasteiger partial charge in [0, 0.05) is 30.3 Å². The van der Waals surface area contributed by atoms with Gasteiger partial charge in [0.1, 0.15) is 17.2 Å². The molecule has 0 fully saturated rings. The van der Waals surface area contributed by atoms with E-state index in [4.69, 9.17) is 14.2 Å². The maximum Gasteiger partial charge on any atom is 0.416 e. The number of ether oxygens (including phenoxy) is 3. The fraction of sp³-hybridized carbons (Fsp3) is 0.286. The minimum absolute atomic E-state index is 0.315. The monoisotopic (exact) mass is 409 g/mol. The topological polar surface area (TPSA) is 56.8 Å². The molecule has 2 rings (SSSR count). The first-order valence-corrected chi connectivity index (χ1v) is 8.70. The average Bonchev–Trinajstić information content (AvgIpc) is 2.71. The van der Waals surface area contributed by atoms with Crippen molar-refractivity contribution in [1.82, 2.24) is 5.32 Å². The molecule has 2 aromatic rings. The minimum Gasteiger partial charge on any atom is -0.496 e. The molecule has 0 radical (unpaired) electrons. The first-order valence-electron chi connectivity index (χ1n) is 8.70. The highest BCUT2D eigenvalue weighted by Crippen LogP contribution is 2.34. The van der Waals surface area contributed by atoms with E-state index in [0.29, 0.717) is 35.8 Å². The lowest BCUT2D eigenvalue weighted by atomic mass is 10.1. The highest BCUT2D eigenvalue weighted by molar-refractivity contribution is 5.91. The van der Waals surface area contributed by atoms with Gasteiger partial charge in [0.2, 0.25) is 5.91 Å². The molecule has 0 bridgehead atoms. The Labute approximate surface area is 167 Å². The maximum atomic E-state index is 12.6. The molecule has 0 unspecified atom stereocenters. The third kappa shape index (κ3) is 6.17. The third-order valence-electron chi connectivity index (χ3n) is 4.16. The quantitative estimate of drug-likeness (QED) is 0.667. The van der Waals surface area contributed by atoms with E-state index in [1.165, 1.54) is 45.6 Å². The predicted molar refractivity (Wildman–Crippen MR) is 103 cm³/mol. The summed E-state index contributed by atoms with van der Waals surface area (Å²) < 4.78 is 53.6. The summed E-state index contributed by atoms with van der Waals surface area (Å²) in [6.45, 7) is 0.315. The Morgan fingerprint density at radius 2 is 1.59 bits per heavy atom. The molecular formula is C21H22F3NO4. The molecular weight excluding hydrogens is 387 g/mol. The fourth-order valence-corrected chi connectivity index (χ4v) is 2.65. The Kier molecular flexibility index (Phi) is 7.52. The number of carbonyl (C=O) groups is 1. The summed E-state index contributed by atoms with van der Waals surface area (Å²) in [4.78, 5) is 12.0. The lowest BCUT2D eigenvalue weighted by Crippen LogP contribution is -2.23. The number of halogens is 3. The second-order valence-corrected chi connectivity index (χ2v) is 6.00. The summed E-state index contributed by atoms with van der Waals surface area (Å²) in [5, 5.41) is 2.72. The van der Waals surface area contributed by atoms with Crippen molar-refractivity contribution >= 4 is 12.0 Å². The second kappa shape index (κ2) is 9.86. The van der Waals surface area contributed by atoms with Gasteiger partial charge in [0.25, 0.3) is 0 Å². The molecule has 0 atom stereocenters. The molecule has 8 heteroatoms. The molecule has 2 aromatic carbocycles. The van der Waals surface area contributed by atoms with Crippen LogP contribution in [0.1, 0.15) is 16.7 Å². The summed E-state index contributed by atoms with van der Waals surface area (Å²) in [6, 6.07) is 8.01. The smallest absolute Gasteiger partial charge is 0.416 e. The molecule has 0 saturated carbocycles. The van der Waals surface area contributed by atoms with Crippen LogP contribution in [0.2, 0.25) is 0 Å². The number of alkyl halides is 3. The van der Waals surface area contributed by atoms with E-state index in [1.54, 1.807) is 12.1 Å². The molecule has 1 amide bonds. The number of amides is 1. The van der Waals surface area contributed by atoms with Crippen LogP contribution in [0.15, 0.2) is 42.5 Å². The second-order valence-electron chi connectivity index (χ2n) is 6.00. The molecule has 5 nitrogen and oxygen atoms in total. The van der Waals surface area contributed by atoms with Crippen LogP contribution >= 0.6 is 0 Å². The zero-order chi connectivity index (χ0) is 21.4. The van der Waals surface area contributed by atoms with Gasteiger partial charge in [0.15, 0.2) is 0 Å². The van der Waals surface area contributed by atoms with Crippen molar-refractivity contribution in [2.45, 2.75) is 12.6 Å². The molecule has 0 aromatic heterocycles. The summed E-state index contributed by atoms with van der Waals surface area (Å²) in [5.41, 5.74) is 0.538. The third-order valence-corrected chi connectivity index (χ3v) is 4.16. The zero-order valence-electron chi connectivity index (χ0n) is 16.3. The molecule has 0 saturated heterocycles. The number of rotatable bonds is 8. The molecule has 1 N–H and O–H groups in total. The van der Waals surface area contributed by atoms with E-state index < -0.39 is 11.7 Å². The van der Waals surface area contributed by atoms with Crippen molar-refractivity contribution in [3.05, 3.63) is 59.2 Å². The highest BCUT2D eigenvalue weighted by atomic mass is 19.4. The number of benzene rings is 2. The number of nitrogens with one attached hydrogen (secondary N) is 1. The summed E-state index contributed by atoms with van der Waals surface area (Å²) in [5.74, 6) is 1.38. The fourth-order valence-electron chi connectivity index (χ4n) is 2.65. The Morgan fingerprint density at radius 1 is 1.00 bits per heavy atom. The van der Waals surface area contributed by atoms with Gasteiger partial charge in [0.05, 0.1) is 26.9 Å². The number of hydrogen-bond donors (Lipinski definition) is 1. The van der Waals surface area contributed by atoms with Crippen molar-refractivity contribution in [3.8, 4) is 17.2 Å². The molecule has 29 heavy (non-hydrogen) atoms. The number of carbonyl (C=O) groups excluding carboxylic acids is 1. The van der Waals surface area contributed by atoms with Crippen molar-refractivity contribution < 1.29 is 32.2 Å². The lowest BCUT2D eigenvalue weighted by molar-refractivity contribution is -0.137. The Hall–Kier alpha value is -3.16. The normalized spacial score (nSPS) is 11.4.